The van der Waals surface area contributed by atoms with Crippen LogP contribution in [0.4, 0.5) is 0 Å². The summed E-state index contributed by atoms with van der Waals surface area (Å²) in [7, 11) is 1.36. The number of nitrogens with zero attached hydrogens (tertiary/aromatic N) is 1. The third-order valence-electron chi connectivity index (χ3n) is 4.55. The highest BCUT2D eigenvalue weighted by Crippen LogP contribution is 2.33. The monoisotopic (exact) mass is 321 g/mol. The summed E-state index contributed by atoms with van der Waals surface area (Å²) in [6.07, 6.45) is 3.84. The Morgan fingerprint density at radius 2 is 2.09 bits per heavy atom. The van der Waals surface area contributed by atoms with Gasteiger partial charge in [0, 0.05) is 5.69 Å². The standard InChI is InChI=1S/C17H27N3O3/c1-11(2)9-13-10-14(20-19-13)15(21)18-17(16(22)23-4)7-5-12(3)6-8-17/h10-12H,5-9H2,1-4H3,(H,18,21)(H,19,20). The molecule has 1 heterocycles. The average Bonchev–Trinajstić information content (AvgIpc) is 2.96. The van der Waals surface area contributed by atoms with Crippen molar-refractivity contribution in [3.8, 4) is 0 Å². The maximum absolute atomic E-state index is 12.5. The highest BCUT2D eigenvalue weighted by molar-refractivity contribution is 5.96. The molecule has 2 rings (SSSR count). The number of methoxy groups -OCH3 is 1. The summed E-state index contributed by atoms with van der Waals surface area (Å²) in [6, 6.07) is 1.76. The van der Waals surface area contributed by atoms with Crippen molar-refractivity contribution in [1.29, 1.82) is 0 Å². The fourth-order valence-electron chi connectivity index (χ4n) is 3.13. The van der Waals surface area contributed by atoms with Crippen LogP contribution in [0, 0.1) is 11.8 Å². The first-order chi connectivity index (χ1) is 10.9. The predicted molar refractivity (Wildman–Crippen MR) is 87.0 cm³/mol. The summed E-state index contributed by atoms with van der Waals surface area (Å²) in [6.45, 7) is 6.38. The Kier molecular flexibility index (Phi) is 5.44. The molecule has 6 heteroatoms. The molecule has 0 saturated heterocycles. The zero-order chi connectivity index (χ0) is 17.0. The SMILES string of the molecule is COC(=O)C1(NC(=O)c2cc(CC(C)C)[nH]n2)CCC(C)CC1. The van der Waals surface area contributed by atoms with Gasteiger partial charge in [0.2, 0.25) is 0 Å². The van der Waals surface area contributed by atoms with Gasteiger partial charge in [0.25, 0.3) is 5.91 Å². The molecule has 0 aliphatic heterocycles. The molecule has 0 spiro atoms. The second-order valence-corrected chi connectivity index (χ2v) is 7.09. The van der Waals surface area contributed by atoms with Crippen molar-refractivity contribution in [2.24, 2.45) is 11.8 Å². The number of carbonyl (C=O) groups is 2. The Labute approximate surface area is 137 Å². The van der Waals surface area contributed by atoms with Gasteiger partial charge in [-0.1, -0.05) is 20.8 Å². The largest absolute Gasteiger partial charge is 0.467 e. The van der Waals surface area contributed by atoms with E-state index < -0.39 is 5.54 Å². The number of carbonyl (C=O) groups excluding carboxylic acids is 2. The maximum atomic E-state index is 12.5. The maximum Gasteiger partial charge on any atom is 0.331 e. The number of hydrogen-bond acceptors (Lipinski definition) is 4. The lowest BCUT2D eigenvalue weighted by Crippen LogP contribution is -2.56. The lowest BCUT2D eigenvalue weighted by atomic mass is 9.77. The molecule has 128 valence electrons. The molecule has 1 aliphatic carbocycles. The van der Waals surface area contributed by atoms with Crippen LogP contribution in [-0.2, 0) is 16.0 Å². The Hall–Kier alpha value is -1.85. The summed E-state index contributed by atoms with van der Waals surface area (Å²) >= 11 is 0. The van der Waals surface area contributed by atoms with E-state index in [2.05, 4.69) is 36.3 Å². The van der Waals surface area contributed by atoms with Crippen molar-refractivity contribution in [3.05, 3.63) is 17.5 Å². The van der Waals surface area contributed by atoms with Crippen LogP contribution in [-0.4, -0.2) is 34.7 Å². The van der Waals surface area contributed by atoms with Crippen LogP contribution in [0.3, 0.4) is 0 Å². The number of esters is 1. The van der Waals surface area contributed by atoms with Crippen molar-refractivity contribution in [1.82, 2.24) is 15.5 Å². The van der Waals surface area contributed by atoms with Gasteiger partial charge in [0.15, 0.2) is 0 Å². The molecule has 0 radical (unpaired) electrons. The van der Waals surface area contributed by atoms with Crippen molar-refractivity contribution in [2.75, 3.05) is 7.11 Å². The number of H-pyrrole nitrogens is 1. The lowest BCUT2D eigenvalue weighted by Gasteiger charge is -2.37. The van der Waals surface area contributed by atoms with Gasteiger partial charge < -0.3 is 10.1 Å². The second kappa shape index (κ2) is 7.15. The summed E-state index contributed by atoms with van der Waals surface area (Å²) in [5, 5.41) is 9.86. The van der Waals surface area contributed by atoms with Crippen molar-refractivity contribution in [3.63, 3.8) is 0 Å². The molecular formula is C17H27N3O3. The zero-order valence-electron chi connectivity index (χ0n) is 14.4. The minimum atomic E-state index is -0.921. The number of rotatable bonds is 5. The number of ether oxygens (including phenoxy) is 1. The Morgan fingerprint density at radius 1 is 1.43 bits per heavy atom. The minimum Gasteiger partial charge on any atom is -0.467 e. The number of amides is 1. The highest BCUT2D eigenvalue weighted by atomic mass is 16.5. The molecule has 0 atom stereocenters. The first kappa shape index (κ1) is 17.5. The summed E-state index contributed by atoms with van der Waals surface area (Å²) < 4.78 is 4.94. The van der Waals surface area contributed by atoms with Gasteiger partial charge in [0.05, 0.1) is 7.11 Å². The third kappa shape index (κ3) is 4.12. The zero-order valence-corrected chi connectivity index (χ0v) is 14.4. The normalized spacial score (nSPS) is 24.5. The minimum absolute atomic E-state index is 0.322. The first-order valence-electron chi connectivity index (χ1n) is 8.31. The molecule has 23 heavy (non-hydrogen) atoms. The van der Waals surface area contributed by atoms with Crippen LogP contribution in [0.1, 0.15) is 62.6 Å². The summed E-state index contributed by atoms with van der Waals surface area (Å²) in [4.78, 5) is 24.8. The van der Waals surface area contributed by atoms with Crippen molar-refractivity contribution in [2.45, 2.75) is 58.4 Å². The number of nitrogens with one attached hydrogen (secondary N) is 2. The van der Waals surface area contributed by atoms with E-state index in [0.29, 0.717) is 30.4 Å². The van der Waals surface area contributed by atoms with Gasteiger partial charge in [0.1, 0.15) is 11.2 Å². The number of aromatic amines is 1. The van der Waals surface area contributed by atoms with Crippen molar-refractivity contribution < 1.29 is 14.3 Å². The van der Waals surface area contributed by atoms with Gasteiger partial charge in [-0.25, -0.2) is 4.79 Å². The molecule has 0 aromatic carbocycles. The van der Waals surface area contributed by atoms with Crippen LogP contribution < -0.4 is 5.32 Å². The summed E-state index contributed by atoms with van der Waals surface area (Å²) in [5.41, 5.74) is 0.326. The van der Waals surface area contributed by atoms with Gasteiger partial charge in [-0.3, -0.25) is 9.89 Å². The molecule has 6 nitrogen and oxygen atoms in total. The van der Waals surface area contributed by atoms with Gasteiger partial charge >= 0.3 is 5.97 Å². The lowest BCUT2D eigenvalue weighted by molar-refractivity contribution is -0.150. The molecule has 1 amide bonds. The van der Waals surface area contributed by atoms with E-state index >= 15 is 0 Å². The predicted octanol–water partition coefficient (Wildman–Crippen LogP) is 2.46. The highest BCUT2D eigenvalue weighted by Gasteiger charge is 2.43. The van der Waals surface area contributed by atoms with E-state index in [-0.39, 0.29) is 11.9 Å². The molecule has 2 N–H and O–H groups in total. The smallest absolute Gasteiger partial charge is 0.331 e. The Morgan fingerprint density at radius 3 is 2.65 bits per heavy atom. The molecule has 1 fully saturated rings. The molecule has 1 aromatic heterocycles. The topological polar surface area (TPSA) is 84.1 Å². The van der Waals surface area contributed by atoms with Crippen LogP contribution in [0.2, 0.25) is 0 Å². The quantitative estimate of drug-likeness (QED) is 0.816. The van der Waals surface area contributed by atoms with Crippen molar-refractivity contribution >= 4 is 11.9 Å². The summed E-state index contributed by atoms with van der Waals surface area (Å²) in [5.74, 6) is 0.354. The third-order valence-corrected chi connectivity index (χ3v) is 4.55. The Bertz CT molecular complexity index is 557. The van der Waals surface area contributed by atoms with Gasteiger partial charge in [-0.05, 0) is 50.0 Å². The van der Waals surface area contributed by atoms with Crippen LogP contribution in [0.5, 0.6) is 0 Å². The molecule has 1 aromatic rings. The molecule has 0 bridgehead atoms. The van der Waals surface area contributed by atoms with E-state index in [9.17, 15) is 9.59 Å². The van der Waals surface area contributed by atoms with E-state index in [1.54, 1.807) is 6.07 Å². The van der Waals surface area contributed by atoms with Crippen LogP contribution >= 0.6 is 0 Å². The first-order valence-corrected chi connectivity index (χ1v) is 8.31. The fourth-order valence-corrected chi connectivity index (χ4v) is 3.13. The molecular weight excluding hydrogens is 294 g/mol. The number of hydrogen-bond donors (Lipinski definition) is 2. The van der Waals surface area contributed by atoms with Gasteiger partial charge in [-0.15, -0.1) is 0 Å². The Balaban J connectivity index is 2.11. The van der Waals surface area contributed by atoms with E-state index in [1.165, 1.54) is 7.11 Å². The fraction of sp³-hybridized carbons (Fsp3) is 0.706. The van der Waals surface area contributed by atoms with Crippen LogP contribution in [0.25, 0.3) is 0 Å². The van der Waals surface area contributed by atoms with E-state index in [1.807, 2.05) is 0 Å². The van der Waals surface area contributed by atoms with Crippen LogP contribution in [0.15, 0.2) is 6.07 Å². The number of aromatic nitrogens is 2. The average molecular weight is 321 g/mol. The van der Waals surface area contributed by atoms with E-state index in [4.69, 9.17) is 4.74 Å². The van der Waals surface area contributed by atoms with Gasteiger partial charge in [-0.2, -0.15) is 5.10 Å². The van der Waals surface area contributed by atoms with E-state index in [0.717, 1.165) is 25.0 Å². The second-order valence-electron chi connectivity index (χ2n) is 7.09. The molecule has 0 unspecified atom stereocenters. The molecule has 1 aliphatic rings. The molecule has 1 saturated carbocycles.